The Hall–Kier alpha value is -2.82. The van der Waals surface area contributed by atoms with Crippen LogP contribution >= 0.6 is 0 Å². The molecule has 0 saturated heterocycles. The summed E-state index contributed by atoms with van der Waals surface area (Å²) in [6, 6.07) is 10.7. The van der Waals surface area contributed by atoms with Crippen molar-refractivity contribution < 1.29 is 14.3 Å². The molecule has 0 spiro atoms. The lowest BCUT2D eigenvalue weighted by Gasteiger charge is -2.06. The van der Waals surface area contributed by atoms with Crippen LogP contribution in [0.3, 0.4) is 0 Å². The summed E-state index contributed by atoms with van der Waals surface area (Å²) in [6.07, 6.45) is 1.71. The highest BCUT2D eigenvalue weighted by atomic mass is 16.4. The first-order chi connectivity index (χ1) is 10.1. The molecule has 0 saturated carbocycles. The van der Waals surface area contributed by atoms with Gasteiger partial charge >= 0.3 is 5.97 Å². The Bertz CT molecular complexity index is 889. The van der Waals surface area contributed by atoms with E-state index in [-0.39, 0.29) is 17.9 Å². The minimum Gasteiger partial charge on any atom is -0.475 e. The Kier molecular flexibility index (Phi) is 3.10. The van der Waals surface area contributed by atoms with Gasteiger partial charge in [-0.3, -0.25) is 4.79 Å². The molecule has 1 N–H and O–H groups in total. The number of furan rings is 1. The maximum atomic E-state index is 12.4. The zero-order valence-corrected chi connectivity index (χ0v) is 11.4. The summed E-state index contributed by atoms with van der Waals surface area (Å²) >= 11 is 0. The van der Waals surface area contributed by atoms with Gasteiger partial charge in [-0.05, 0) is 30.5 Å². The van der Waals surface area contributed by atoms with Crippen molar-refractivity contribution in [3.63, 3.8) is 0 Å². The number of carboxylic acids is 1. The smallest absolute Gasteiger partial charge is 0.371 e. The molecule has 0 aliphatic rings. The molecule has 0 unspecified atom stereocenters. The number of nitrogens with zero attached hydrogens (tertiary/aromatic N) is 1. The second-order valence-corrected chi connectivity index (χ2v) is 4.83. The van der Waals surface area contributed by atoms with Crippen LogP contribution in [-0.2, 0) is 6.54 Å². The summed E-state index contributed by atoms with van der Waals surface area (Å²) < 4.78 is 6.71. The first kappa shape index (κ1) is 13.2. The van der Waals surface area contributed by atoms with Crippen LogP contribution in [0, 0.1) is 6.92 Å². The molecular weight excluding hydrogens is 270 g/mol. The zero-order valence-electron chi connectivity index (χ0n) is 11.4. The third kappa shape index (κ3) is 2.33. The van der Waals surface area contributed by atoms with Crippen molar-refractivity contribution in [1.82, 2.24) is 4.57 Å². The van der Waals surface area contributed by atoms with Crippen molar-refractivity contribution in [2.24, 2.45) is 0 Å². The number of carboxylic acid groups (broad SMARTS) is 1. The van der Waals surface area contributed by atoms with Crippen molar-refractivity contribution in [3.8, 4) is 0 Å². The van der Waals surface area contributed by atoms with Crippen molar-refractivity contribution in [2.75, 3.05) is 0 Å². The highest BCUT2D eigenvalue weighted by Gasteiger charge is 2.14. The van der Waals surface area contributed by atoms with Crippen LogP contribution in [0.1, 0.15) is 21.9 Å². The number of pyridine rings is 1. The predicted octanol–water partition coefficient (Wildman–Crippen LogP) is 2.65. The first-order valence-corrected chi connectivity index (χ1v) is 6.47. The fraction of sp³-hybridized carbons (Fsp3) is 0.125. The van der Waals surface area contributed by atoms with E-state index >= 15 is 0 Å². The van der Waals surface area contributed by atoms with E-state index in [0.717, 1.165) is 5.39 Å². The summed E-state index contributed by atoms with van der Waals surface area (Å²) in [6.45, 7) is 1.97. The van der Waals surface area contributed by atoms with Gasteiger partial charge in [0.2, 0.25) is 5.76 Å². The molecule has 0 fully saturated rings. The number of benzene rings is 1. The molecule has 0 amide bonds. The molecule has 21 heavy (non-hydrogen) atoms. The van der Waals surface area contributed by atoms with Crippen LogP contribution in [0.2, 0.25) is 0 Å². The van der Waals surface area contributed by atoms with Gasteiger partial charge < -0.3 is 14.1 Å². The average molecular weight is 283 g/mol. The molecule has 2 aromatic heterocycles. The van der Waals surface area contributed by atoms with Gasteiger partial charge in [-0.1, -0.05) is 18.2 Å². The van der Waals surface area contributed by atoms with E-state index in [9.17, 15) is 9.59 Å². The molecule has 0 radical (unpaired) electrons. The number of aryl methyl sites for hydroxylation is 1. The summed E-state index contributed by atoms with van der Waals surface area (Å²) in [5.41, 5.74) is 0.579. The molecular formula is C16H13NO4. The average Bonchev–Trinajstić information content (AvgIpc) is 2.84. The largest absolute Gasteiger partial charge is 0.475 e. The minimum absolute atomic E-state index is 0.106. The first-order valence-electron chi connectivity index (χ1n) is 6.47. The van der Waals surface area contributed by atoms with Gasteiger partial charge in [0.25, 0.3) is 5.56 Å². The van der Waals surface area contributed by atoms with Gasteiger partial charge in [0.05, 0.1) is 6.54 Å². The topological polar surface area (TPSA) is 72.4 Å². The quantitative estimate of drug-likeness (QED) is 0.802. The molecule has 0 aliphatic heterocycles. The van der Waals surface area contributed by atoms with Crippen molar-refractivity contribution in [1.29, 1.82) is 0 Å². The zero-order chi connectivity index (χ0) is 15.0. The van der Waals surface area contributed by atoms with Gasteiger partial charge in [0, 0.05) is 17.1 Å². The lowest BCUT2D eigenvalue weighted by atomic mass is 10.1. The van der Waals surface area contributed by atoms with Gasteiger partial charge in [-0.15, -0.1) is 0 Å². The van der Waals surface area contributed by atoms with Crippen LogP contribution in [0.15, 0.2) is 51.8 Å². The highest BCUT2D eigenvalue weighted by molar-refractivity contribution is 5.84. The van der Waals surface area contributed by atoms with E-state index in [4.69, 9.17) is 9.52 Å². The van der Waals surface area contributed by atoms with E-state index in [1.165, 1.54) is 6.07 Å². The number of hydrogen-bond donors (Lipinski definition) is 1. The SMILES string of the molecule is Cc1oc(C(=O)O)cc1Cn1ccc2ccccc2c1=O. The Balaban J connectivity index is 2.04. The van der Waals surface area contributed by atoms with Gasteiger partial charge in [-0.2, -0.15) is 0 Å². The second-order valence-electron chi connectivity index (χ2n) is 4.83. The predicted molar refractivity (Wildman–Crippen MR) is 77.7 cm³/mol. The number of carbonyl (C=O) groups is 1. The maximum absolute atomic E-state index is 12.4. The standard InChI is InChI=1S/C16H13NO4/c1-10-12(8-14(21-10)16(19)20)9-17-7-6-11-4-2-3-5-13(11)15(17)18/h2-8H,9H2,1H3,(H,19,20). The third-order valence-corrected chi connectivity index (χ3v) is 3.46. The molecule has 0 bridgehead atoms. The molecule has 3 rings (SSSR count). The third-order valence-electron chi connectivity index (χ3n) is 3.46. The maximum Gasteiger partial charge on any atom is 0.371 e. The normalized spacial score (nSPS) is 10.9. The molecule has 0 atom stereocenters. The van der Waals surface area contributed by atoms with E-state index in [2.05, 4.69) is 0 Å². The number of hydrogen-bond acceptors (Lipinski definition) is 3. The van der Waals surface area contributed by atoms with E-state index in [1.54, 1.807) is 23.8 Å². The Morgan fingerprint density at radius 1 is 1.29 bits per heavy atom. The Morgan fingerprint density at radius 2 is 2.05 bits per heavy atom. The molecule has 106 valence electrons. The summed E-state index contributed by atoms with van der Waals surface area (Å²) in [5, 5.41) is 10.4. The molecule has 1 aromatic carbocycles. The number of fused-ring (bicyclic) bond motifs is 1. The van der Waals surface area contributed by atoms with E-state index in [0.29, 0.717) is 16.7 Å². The monoisotopic (exact) mass is 283 g/mol. The molecule has 3 aromatic rings. The van der Waals surface area contributed by atoms with Crippen molar-refractivity contribution in [3.05, 3.63) is 70.0 Å². The van der Waals surface area contributed by atoms with Crippen molar-refractivity contribution in [2.45, 2.75) is 13.5 Å². The number of rotatable bonds is 3. The number of aromatic nitrogens is 1. The van der Waals surface area contributed by atoms with Gasteiger partial charge in [-0.25, -0.2) is 4.79 Å². The molecule has 2 heterocycles. The van der Waals surface area contributed by atoms with E-state index in [1.807, 2.05) is 24.3 Å². The lowest BCUT2D eigenvalue weighted by molar-refractivity contribution is 0.0661. The summed E-state index contributed by atoms with van der Waals surface area (Å²) in [4.78, 5) is 23.3. The number of aromatic carboxylic acids is 1. The fourth-order valence-electron chi connectivity index (χ4n) is 2.32. The molecule has 0 aliphatic carbocycles. The van der Waals surface area contributed by atoms with Gasteiger partial charge in [0.1, 0.15) is 5.76 Å². The Labute approximate surface area is 120 Å². The van der Waals surface area contributed by atoms with Crippen LogP contribution < -0.4 is 5.56 Å². The molecule has 5 nitrogen and oxygen atoms in total. The highest BCUT2D eigenvalue weighted by Crippen LogP contribution is 2.16. The van der Waals surface area contributed by atoms with Crippen LogP contribution in [0.5, 0.6) is 0 Å². The van der Waals surface area contributed by atoms with Crippen LogP contribution in [0.4, 0.5) is 0 Å². The van der Waals surface area contributed by atoms with Crippen molar-refractivity contribution >= 4 is 16.7 Å². The lowest BCUT2D eigenvalue weighted by Crippen LogP contribution is -2.20. The fourth-order valence-corrected chi connectivity index (χ4v) is 2.32. The van der Waals surface area contributed by atoms with Gasteiger partial charge in [0.15, 0.2) is 0 Å². The van der Waals surface area contributed by atoms with Crippen LogP contribution in [-0.4, -0.2) is 15.6 Å². The second kappa shape index (κ2) is 4.94. The molecule has 5 heteroatoms. The van der Waals surface area contributed by atoms with Crippen LogP contribution in [0.25, 0.3) is 10.8 Å². The minimum atomic E-state index is -1.12. The van der Waals surface area contributed by atoms with E-state index < -0.39 is 5.97 Å². The summed E-state index contributed by atoms with van der Waals surface area (Å²) in [7, 11) is 0. The Morgan fingerprint density at radius 3 is 2.76 bits per heavy atom. The summed E-state index contributed by atoms with van der Waals surface area (Å²) in [5.74, 6) is -0.723.